The highest BCUT2D eigenvalue weighted by atomic mass is 16.2. The van der Waals surface area contributed by atoms with Crippen LogP contribution in [-0.4, -0.2) is 43.9 Å². The maximum Gasteiger partial charge on any atom is 0.272 e. The molecule has 0 saturated carbocycles. The van der Waals surface area contributed by atoms with Gasteiger partial charge in [0.15, 0.2) is 0 Å². The molecule has 1 aliphatic rings. The lowest BCUT2D eigenvalue weighted by molar-refractivity contribution is 0.0666. The van der Waals surface area contributed by atoms with E-state index in [-0.39, 0.29) is 11.9 Å². The van der Waals surface area contributed by atoms with E-state index in [4.69, 9.17) is 5.73 Å². The third-order valence-corrected chi connectivity index (χ3v) is 4.89. The summed E-state index contributed by atoms with van der Waals surface area (Å²) in [4.78, 5) is 19.4. The molecule has 134 valence electrons. The molecule has 7 nitrogen and oxygen atoms in total. The van der Waals surface area contributed by atoms with E-state index in [1.165, 1.54) is 0 Å². The van der Waals surface area contributed by atoms with Gasteiger partial charge < -0.3 is 10.6 Å². The first-order valence-corrected chi connectivity index (χ1v) is 8.91. The van der Waals surface area contributed by atoms with Crippen LogP contribution in [0.1, 0.15) is 40.6 Å². The lowest BCUT2D eigenvalue weighted by Gasteiger charge is -2.32. The predicted molar refractivity (Wildman–Crippen MR) is 98.6 cm³/mol. The molecule has 1 atom stereocenters. The fraction of sp³-hybridized carbons (Fsp3) is 0.368. The van der Waals surface area contributed by atoms with Crippen LogP contribution in [0.3, 0.4) is 0 Å². The predicted octanol–water partition coefficient (Wildman–Crippen LogP) is 2.07. The van der Waals surface area contributed by atoms with Crippen LogP contribution in [0.4, 0.5) is 0 Å². The molecular formula is C19H22N6O. The first-order valence-electron chi connectivity index (χ1n) is 8.91. The highest BCUT2D eigenvalue weighted by Crippen LogP contribution is 2.23. The van der Waals surface area contributed by atoms with Crippen molar-refractivity contribution in [2.45, 2.75) is 32.4 Å². The number of likely N-dealkylation sites (tertiary alicyclic amines) is 1. The maximum absolute atomic E-state index is 13.0. The van der Waals surface area contributed by atoms with Crippen molar-refractivity contribution < 1.29 is 4.79 Å². The summed E-state index contributed by atoms with van der Waals surface area (Å²) in [5, 5.41) is 9.26. The number of nitrogens with two attached hydrogens (primary N) is 1. The molecule has 0 aliphatic carbocycles. The summed E-state index contributed by atoms with van der Waals surface area (Å²) >= 11 is 0. The fourth-order valence-electron chi connectivity index (χ4n) is 3.45. The first kappa shape index (κ1) is 16.7. The molecule has 2 aromatic heterocycles. The van der Waals surface area contributed by atoms with E-state index in [2.05, 4.69) is 21.4 Å². The Balaban J connectivity index is 1.55. The van der Waals surface area contributed by atoms with E-state index in [9.17, 15) is 4.79 Å². The van der Waals surface area contributed by atoms with Gasteiger partial charge in [-0.3, -0.25) is 4.79 Å². The number of nitrogens with zero attached hydrogens (tertiary/aromatic N) is 5. The Kier molecular flexibility index (Phi) is 4.38. The molecule has 1 unspecified atom stereocenters. The Bertz CT molecular complexity index is 950. The molecule has 4 rings (SSSR count). The molecule has 1 aliphatic heterocycles. The normalized spacial score (nSPS) is 17.6. The zero-order valence-electron chi connectivity index (χ0n) is 14.8. The maximum atomic E-state index is 13.0. The van der Waals surface area contributed by atoms with Crippen molar-refractivity contribution in [2.75, 3.05) is 13.1 Å². The number of carbonyl (C=O) groups excluding carboxylic acids is 1. The number of aryl methyl sites for hydroxylation is 1. The third kappa shape index (κ3) is 3.17. The van der Waals surface area contributed by atoms with E-state index in [1.807, 2.05) is 47.0 Å². The van der Waals surface area contributed by atoms with E-state index in [0.717, 1.165) is 41.5 Å². The molecule has 26 heavy (non-hydrogen) atoms. The molecule has 2 N–H and O–H groups in total. The van der Waals surface area contributed by atoms with Gasteiger partial charge in [-0.05, 0) is 37.5 Å². The quantitative estimate of drug-likeness (QED) is 0.781. The molecular weight excluding hydrogens is 328 g/mol. The first-order chi connectivity index (χ1) is 12.6. The van der Waals surface area contributed by atoms with Crippen LogP contribution in [0.25, 0.3) is 10.9 Å². The standard InChI is InChI=1S/C19H22N6O/c1-13-4-5-14-6-7-17(21-18(14)9-13)19(26)24-8-2-3-16(12-24)25-11-15(10-20)22-23-25/h4-7,9,11,16H,2-3,8,10,12,20H2,1H3. The van der Waals surface area contributed by atoms with Crippen molar-refractivity contribution in [3.05, 3.63) is 53.5 Å². The Morgan fingerprint density at radius 2 is 2.15 bits per heavy atom. The van der Waals surface area contributed by atoms with Gasteiger partial charge in [0.1, 0.15) is 5.69 Å². The van der Waals surface area contributed by atoms with Gasteiger partial charge in [0, 0.05) is 25.0 Å². The minimum Gasteiger partial charge on any atom is -0.335 e. The highest BCUT2D eigenvalue weighted by Gasteiger charge is 2.27. The second-order valence-corrected chi connectivity index (χ2v) is 6.83. The van der Waals surface area contributed by atoms with Gasteiger partial charge in [-0.1, -0.05) is 23.4 Å². The monoisotopic (exact) mass is 350 g/mol. The molecule has 0 bridgehead atoms. The lowest BCUT2D eigenvalue weighted by Crippen LogP contribution is -2.41. The number of rotatable bonds is 3. The Labute approximate surface area is 151 Å². The van der Waals surface area contributed by atoms with Gasteiger partial charge in [-0.25, -0.2) is 9.67 Å². The van der Waals surface area contributed by atoms with Crippen LogP contribution in [0.15, 0.2) is 36.5 Å². The molecule has 7 heteroatoms. The van der Waals surface area contributed by atoms with Crippen molar-refractivity contribution in [2.24, 2.45) is 5.73 Å². The second kappa shape index (κ2) is 6.84. The lowest BCUT2D eigenvalue weighted by atomic mass is 10.1. The molecule has 3 aromatic rings. The summed E-state index contributed by atoms with van der Waals surface area (Å²) in [6, 6.07) is 9.99. The number of fused-ring (bicyclic) bond motifs is 1. The van der Waals surface area contributed by atoms with Crippen molar-refractivity contribution in [3.63, 3.8) is 0 Å². The minimum absolute atomic E-state index is 0.0303. The second-order valence-electron chi connectivity index (χ2n) is 6.83. The van der Waals surface area contributed by atoms with Crippen molar-refractivity contribution in [1.82, 2.24) is 24.9 Å². The molecule has 1 aromatic carbocycles. The number of piperidine rings is 1. The number of aromatic nitrogens is 4. The zero-order valence-corrected chi connectivity index (χ0v) is 14.8. The van der Waals surface area contributed by atoms with Gasteiger partial charge in [0.2, 0.25) is 0 Å². The Morgan fingerprint density at radius 1 is 1.31 bits per heavy atom. The fourth-order valence-corrected chi connectivity index (χ4v) is 3.45. The van der Waals surface area contributed by atoms with E-state index in [1.54, 1.807) is 0 Å². The SMILES string of the molecule is Cc1ccc2ccc(C(=O)N3CCCC(n4cc(CN)nn4)C3)nc2c1. The number of amides is 1. The summed E-state index contributed by atoms with van der Waals surface area (Å²) in [5.74, 6) is -0.0303. The summed E-state index contributed by atoms with van der Waals surface area (Å²) < 4.78 is 1.83. The molecule has 1 saturated heterocycles. The molecule has 1 amide bonds. The average Bonchev–Trinajstić information content (AvgIpc) is 3.16. The van der Waals surface area contributed by atoms with Gasteiger partial charge in [-0.15, -0.1) is 5.10 Å². The minimum atomic E-state index is -0.0303. The number of hydrogen-bond donors (Lipinski definition) is 1. The summed E-state index contributed by atoms with van der Waals surface area (Å²) in [5.41, 5.74) is 8.85. The van der Waals surface area contributed by atoms with Gasteiger partial charge >= 0.3 is 0 Å². The summed E-state index contributed by atoms with van der Waals surface area (Å²) in [6.45, 7) is 3.75. The number of pyridine rings is 1. The summed E-state index contributed by atoms with van der Waals surface area (Å²) in [7, 11) is 0. The molecule has 1 fully saturated rings. The molecule has 0 spiro atoms. The van der Waals surface area contributed by atoms with Crippen LogP contribution in [0.2, 0.25) is 0 Å². The van der Waals surface area contributed by atoms with Crippen LogP contribution in [0, 0.1) is 6.92 Å². The smallest absolute Gasteiger partial charge is 0.272 e. The number of carbonyl (C=O) groups is 1. The zero-order chi connectivity index (χ0) is 18.1. The summed E-state index contributed by atoms with van der Waals surface area (Å²) in [6.07, 6.45) is 3.78. The third-order valence-electron chi connectivity index (χ3n) is 4.89. The topological polar surface area (TPSA) is 89.9 Å². The van der Waals surface area contributed by atoms with Crippen LogP contribution < -0.4 is 5.73 Å². The van der Waals surface area contributed by atoms with Crippen molar-refractivity contribution in [3.8, 4) is 0 Å². The van der Waals surface area contributed by atoms with Gasteiger partial charge in [-0.2, -0.15) is 0 Å². The Hall–Kier alpha value is -2.80. The average molecular weight is 350 g/mol. The number of hydrogen-bond acceptors (Lipinski definition) is 5. The van der Waals surface area contributed by atoms with Crippen LogP contribution in [0.5, 0.6) is 0 Å². The van der Waals surface area contributed by atoms with Gasteiger partial charge in [0.05, 0.1) is 23.4 Å². The van der Waals surface area contributed by atoms with Crippen molar-refractivity contribution >= 4 is 16.8 Å². The molecule has 3 heterocycles. The van der Waals surface area contributed by atoms with E-state index < -0.39 is 0 Å². The Morgan fingerprint density at radius 3 is 2.96 bits per heavy atom. The van der Waals surface area contributed by atoms with E-state index in [0.29, 0.717) is 18.8 Å². The largest absolute Gasteiger partial charge is 0.335 e. The van der Waals surface area contributed by atoms with Crippen LogP contribution in [-0.2, 0) is 6.54 Å². The van der Waals surface area contributed by atoms with Crippen molar-refractivity contribution in [1.29, 1.82) is 0 Å². The van der Waals surface area contributed by atoms with E-state index >= 15 is 0 Å². The molecule has 0 radical (unpaired) electrons. The highest BCUT2D eigenvalue weighted by molar-refractivity contribution is 5.95. The number of benzene rings is 1. The van der Waals surface area contributed by atoms with Gasteiger partial charge in [0.25, 0.3) is 5.91 Å². The van der Waals surface area contributed by atoms with Crippen LogP contribution >= 0.6 is 0 Å².